The quantitative estimate of drug-likeness (QED) is 0.165. The van der Waals surface area contributed by atoms with Crippen LogP contribution < -0.4 is 21.4 Å². The summed E-state index contributed by atoms with van der Waals surface area (Å²) in [6.45, 7) is 26.9. The molecule has 1 aliphatic heterocycles. The molecular formula is C37H62N4OS. The Labute approximate surface area is 268 Å². The van der Waals surface area contributed by atoms with Gasteiger partial charge in [-0.3, -0.25) is 4.98 Å². The summed E-state index contributed by atoms with van der Waals surface area (Å²) in [7, 11) is 0. The number of allylic oxidation sites excluding steroid dienone is 3. The summed E-state index contributed by atoms with van der Waals surface area (Å²) in [6.07, 6.45) is 21.1. The Morgan fingerprint density at radius 2 is 1.70 bits per heavy atom. The third kappa shape index (κ3) is 15.5. The zero-order valence-corrected chi connectivity index (χ0v) is 29.7. The maximum absolute atomic E-state index is 9.71. The first-order valence-corrected chi connectivity index (χ1v) is 17.4. The van der Waals surface area contributed by atoms with Crippen LogP contribution in [0.15, 0.2) is 53.7 Å². The average Bonchev–Trinajstić information content (AvgIpc) is 3.63. The van der Waals surface area contributed by atoms with Crippen LogP contribution in [0.2, 0.25) is 0 Å². The number of aliphatic hydroxyl groups excluding tert-OH is 1. The van der Waals surface area contributed by atoms with Crippen LogP contribution in [-0.2, 0) is 0 Å². The van der Waals surface area contributed by atoms with Crippen LogP contribution in [0.5, 0.6) is 0 Å². The van der Waals surface area contributed by atoms with Gasteiger partial charge in [0, 0.05) is 28.1 Å². The van der Waals surface area contributed by atoms with E-state index in [4.69, 9.17) is 4.98 Å². The molecule has 2 aromatic heterocycles. The number of pyridine rings is 1. The highest BCUT2D eigenvalue weighted by Gasteiger charge is 2.25. The molecule has 3 rings (SSSR count). The second-order valence-corrected chi connectivity index (χ2v) is 11.9. The first-order chi connectivity index (χ1) is 20.7. The molecule has 1 aliphatic rings. The number of hydrazine groups is 1. The molecule has 1 atom stereocenters. The molecule has 0 spiro atoms. The van der Waals surface area contributed by atoms with E-state index in [2.05, 4.69) is 77.5 Å². The zero-order chi connectivity index (χ0) is 32.6. The molecule has 0 saturated carbocycles. The topological polar surface area (TPSA) is 70.1 Å². The van der Waals surface area contributed by atoms with Crippen LogP contribution in [0.3, 0.4) is 0 Å². The largest absolute Gasteiger partial charge is 0.512 e. The molecule has 5 nitrogen and oxygen atoms in total. The number of rotatable bonds is 12. The first-order valence-electron chi connectivity index (χ1n) is 16.5. The maximum atomic E-state index is 9.71. The lowest BCUT2D eigenvalue weighted by atomic mass is 9.96. The van der Waals surface area contributed by atoms with E-state index in [-0.39, 0.29) is 11.8 Å². The van der Waals surface area contributed by atoms with Crippen molar-refractivity contribution in [3.63, 3.8) is 0 Å². The van der Waals surface area contributed by atoms with Gasteiger partial charge in [0.25, 0.3) is 0 Å². The van der Waals surface area contributed by atoms with Gasteiger partial charge in [-0.25, -0.2) is 10.4 Å². The lowest BCUT2D eigenvalue weighted by Crippen LogP contribution is -2.26. The first kappa shape index (κ1) is 40.3. The molecule has 6 heteroatoms. The molecule has 0 saturated heterocycles. The van der Waals surface area contributed by atoms with E-state index in [0.717, 1.165) is 33.5 Å². The minimum Gasteiger partial charge on any atom is -0.512 e. The third-order valence-electron chi connectivity index (χ3n) is 7.12. The predicted octanol–water partition coefficient (Wildman–Crippen LogP) is 10.1. The molecule has 1 unspecified atom stereocenters. The van der Waals surface area contributed by atoms with Crippen molar-refractivity contribution in [1.29, 1.82) is 0 Å². The molecule has 3 heterocycles. The van der Waals surface area contributed by atoms with Gasteiger partial charge in [-0.1, -0.05) is 144 Å². The van der Waals surface area contributed by atoms with Crippen LogP contribution in [0.1, 0.15) is 138 Å². The van der Waals surface area contributed by atoms with E-state index >= 15 is 0 Å². The molecule has 0 radical (unpaired) electrons. The van der Waals surface area contributed by atoms with Crippen molar-refractivity contribution in [2.75, 3.05) is 0 Å². The molecule has 3 N–H and O–H groups in total. The van der Waals surface area contributed by atoms with Gasteiger partial charge in [-0.15, -0.1) is 11.3 Å². The SMILES string of the molecule is C=C/C=C\C1=C(C)NNC1c1csc(-c2c/c(=C(/C)O)cnc2=C)n1.CCC.CCCC.CCCCCCC(CC)CC. The van der Waals surface area contributed by atoms with E-state index in [0.29, 0.717) is 10.6 Å². The summed E-state index contributed by atoms with van der Waals surface area (Å²) in [6, 6.07) is 1.84. The molecule has 0 aromatic carbocycles. The summed E-state index contributed by atoms with van der Waals surface area (Å²) in [5.41, 5.74) is 10.3. The Hall–Kier alpha value is -2.70. The normalized spacial score (nSPS) is 14.7. The van der Waals surface area contributed by atoms with Crippen LogP contribution in [0.4, 0.5) is 0 Å². The maximum Gasteiger partial charge on any atom is 0.125 e. The number of nitrogens with one attached hydrogen (secondary N) is 2. The van der Waals surface area contributed by atoms with Gasteiger partial charge >= 0.3 is 0 Å². The molecular weight excluding hydrogens is 549 g/mol. The fraction of sp³-hybridized carbons (Fsp3) is 0.568. The Morgan fingerprint density at radius 3 is 2.23 bits per heavy atom. The molecule has 0 aliphatic carbocycles. The third-order valence-corrected chi connectivity index (χ3v) is 8.01. The van der Waals surface area contributed by atoms with Crippen molar-refractivity contribution in [2.24, 2.45) is 5.92 Å². The number of thiazole rings is 1. The average molecular weight is 611 g/mol. The predicted molar refractivity (Wildman–Crippen MR) is 192 cm³/mol. The summed E-state index contributed by atoms with van der Waals surface area (Å²) in [5.74, 6) is 1.23. The number of nitrogens with zero attached hydrogens (tertiary/aromatic N) is 2. The summed E-state index contributed by atoms with van der Waals surface area (Å²) >= 11 is 1.53. The Kier molecular flexibility index (Phi) is 23.2. The van der Waals surface area contributed by atoms with E-state index in [1.165, 1.54) is 75.5 Å². The van der Waals surface area contributed by atoms with Crippen molar-refractivity contribution >= 4 is 23.7 Å². The van der Waals surface area contributed by atoms with E-state index < -0.39 is 0 Å². The highest BCUT2D eigenvalue weighted by molar-refractivity contribution is 7.13. The Bertz CT molecular complexity index is 1190. The van der Waals surface area contributed by atoms with E-state index in [1.807, 2.05) is 30.5 Å². The molecule has 2 aromatic rings. The van der Waals surface area contributed by atoms with Crippen molar-refractivity contribution in [1.82, 2.24) is 20.8 Å². The van der Waals surface area contributed by atoms with Gasteiger partial charge in [0.1, 0.15) is 5.01 Å². The molecule has 43 heavy (non-hydrogen) atoms. The molecule has 0 amide bonds. The number of unbranched alkanes of at least 4 members (excludes halogenated alkanes) is 4. The van der Waals surface area contributed by atoms with Gasteiger partial charge < -0.3 is 10.5 Å². The van der Waals surface area contributed by atoms with Crippen molar-refractivity contribution in [3.8, 4) is 10.6 Å². The van der Waals surface area contributed by atoms with E-state index in [1.54, 1.807) is 19.2 Å². The molecule has 242 valence electrons. The van der Waals surface area contributed by atoms with E-state index in [9.17, 15) is 5.11 Å². The second-order valence-electron chi connectivity index (χ2n) is 11.0. The van der Waals surface area contributed by atoms with Gasteiger partial charge in [0.15, 0.2) is 0 Å². The Balaban J connectivity index is 0.000000815. The zero-order valence-electron chi connectivity index (χ0n) is 28.9. The summed E-state index contributed by atoms with van der Waals surface area (Å²) in [5, 5.41) is 13.9. The van der Waals surface area contributed by atoms with Crippen LogP contribution in [0.25, 0.3) is 22.9 Å². The fourth-order valence-corrected chi connectivity index (χ4v) is 5.03. The summed E-state index contributed by atoms with van der Waals surface area (Å²) < 4.78 is 0. The van der Waals surface area contributed by atoms with Crippen molar-refractivity contribution in [3.05, 3.63) is 70.0 Å². The van der Waals surface area contributed by atoms with Crippen LogP contribution in [0, 0.1) is 5.92 Å². The number of hydrogen-bond acceptors (Lipinski definition) is 6. The standard InChI is InChI=1S/C19H20N4OS.C11H24.C4H10.C3H8/c1-5-6-7-15-12(3)22-23-18(15)17-10-25-19(21-17)16-8-14(13(4)24)9-20-11(16)2;1-4-7-8-9-10-11(5-2)6-3;1-3-4-2;1-3-2/h5-10,18,22-24H,1-2H2,3-4H3;11H,4-10H2,1-3H3;3-4H2,1-2H3;3H2,1-2H3/b7-6-,14-13+;;;. The minimum absolute atomic E-state index is 0.0308. The number of aromatic nitrogens is 2. The highest BCUT2D eigenvalue weighted by atomic mass is 32.1. The number of aliphatic hydroxyl groups is 1. The minimum atomic E-state index is -0.0308. The highest BCUT2D eigenvalue weighted by Crippen LogP contribution is 2.31. The van der Waals surface area contributed by atoms with Gasteiger partial charge in [-0.2, -0.15) is 0 Å². The number of hydrogen-bond donors (Lipinski definition) is 3. The Morgan fingerprint density at radius 1 is 1.05 bits per heavy atom. The van der Waals surface area contributed by atoms with Crippen LogP contribution >= 0.6 is 11.3 Å². The molecule has 0 bridgehead atoms. The van der Waals surface area contributed by atoms with Gasteiger partial charge in [0.2, 0.25) is 0 Å². The molecule has 0 fully saturated rings. The lowest BCUT2D eigenvalue weighted by Gasteiger charge is -2.10. The van der Waals surface area contributed by atoms with Gasteiger partial charge in [-0.05, 0) is 31.4 Å². The van der Waals surface area contributed by atoms with Crippen molar-refractivity contribution in [2.45, 2.75) is 133 Å². The fourth-order valence-electron chi connectivity index (χ4n) is 4.15. The monoisotopic (exact) mass is 610 g/mol. The lowest BCUT2D eigenvalue weighted by molar-refractivity contribution is 0.429. The van der Waals surface area contributed by atoms with Crippen LogP contribution in [-0.4, -0.2) is 15.1 Å². The second kappa shape index (κ2) is 24.7. The smallest absolute Gasteiger partial charge is 0.125 e. The summed E-state index contributed by atoms with van der Waals surface area (Å²) in [4.78, 5) is 9.03. The van der Waals surface area contributed by atoms with Gasteiger partial charge in [0.05, 0.1) is 22.8 Å². The van der Waals surface area contributed by atoms with Crippen molar-refractivity contribution < 1.29 is 5.11 Å².